The third-order valence-electron chi connectivity index (χ3n) is 4.38. The lowest BCUT2D eigenvalue weighted by Gasteiger charge is -2.31. The highest BCUT2D eigenvalue weighted by Gasteiger charge is 2.29. The molecule has 0 aromatic rings. The SMILES string of the molecule is CC(=O)SCC1CC(=O)N(CCN2CCC(C)CC2)C1. The quantitative estimate of drug-likeness (QED) is 0.776. The van der Waals surface area contributed by atoms with Crippen molar-refractivity contribution in [2.75, 3.05) is 38.5 Å². The van der Waals surface area contributed by atoms with E-state index in [4.69, 9.17) is 0 Å². The summed E-state index contributed by atoms with van der Waals surface area (Å²) in [5.74, 6) is 2.27. The lowest BCUT2D eigenvalue weighted by atomic mass is 9.99. The Labute approximate surface area is 126 Å². The molecule has 0 aliphatic carbocycles. The Morgan fingerprint density at radius 2 is 2.00 bits per heavy atom. The summed E-state index contributed by atoms with van der Waals surface area (Å²) in [5, 5.41) is 0.151. The molecule has 0 spiro atoms. The molecule has 5 heteroatoms. The number of piperidine rings is 1. The number of rotatable bonds is 5. The highest BCUT2D eigenvalue weighted by molar-refractivity contribution is 8.13. The van der Waals surface area contributed by atoms with Crippen LogP contribution in [0, 0.1) is 11.8 Å². The average molecular weight is 298 g/mol. The van der Waals surface area contributed by atoms with Gasteiger partial charge in [-0.25, -0.2) is 0 Å². The van der Waals surface area contributed by atoms with Gasteiger partial charge in [-0.1, -0.05) is 18.7 Å². The van der Waals surface area contributed by atoms with Crippen LogP contribution in [0.2, 0.25) is 0 Å². The van der Waals surface area contributed by atoms with Crippen molar-refractivity contribution in [2.24, 2.45) is 11.8 Å². The zero-order valence-corrected chi connectivity index (χ0v) is 13.5. The summed E-state index contributed by atoms with van der Waals surface area (Å²) in [4.78, 5) is 27.4. The van der Waals surface area contributed by atoms with Crippen molar-refractivity contribution in [1.29, 1.82) is 0 Å². The molecule has 4 nitrogen and oxygen atoms in total. The van der Waals surface area contributed by atoms with Gasteiger partial charge >= 0.3 is 0 Å². The van der Waals surface area contributed by atoms with Gasteiger partial charge in [0.15, 0.2) is 5.12 Å². The minimum Gasteiger partial charge on any atom is -0.341 e. The minimum atomic E-state index is 0.151. The highest BCUT2D eigenvalue weighted by atomic mass is 32.2. The molecule has 2 aliphatic rings. The number of nitrogens with zero attached hydrogens (tertiary/aromatic N) is 2. The van der Waals surface area contributed by atoms with E-state index in [-0.39, 0.29) is 11.0 Å². The minimum absolute atomic E-state index is 0.151. The van der Waals surface area contributed by atoms with Gasteiger partial charge in [0.2, 0.25) is 5.91 Å². The van der Waals surface area contributed by atoms with Gasteiger partial charge in [-0.05, 0) is 37.8 Å². The summed E-state index contributed by atoms with van der Waals surface area (Å²) in [6.07, 6.45) is 3.19. The smallest absolute Gasteiger partial charge is 0.222 e. The van der Waals surface area contributed by atoms with Crippen molar-refractivity contribution in [1.82, 2.24) is 9.80 Å². The molecule has 0 aromatic heterocycles. The van der Waals surface area contributed by atoms with Crippen molar-refractivity contribution >= 4 is 22.8 Å². The van der Waals surface area contributed by atoms with Crippen molar-refractivity contribution in [3.63, 3.8) is 0 Å². The molecule has 1 amide bonds. The lowest BCUT2D eigenvalue weighted by Crippen LogP contribution is -2.39. The molecule has 2 saturated heterocycles. The van der Waals surface area contributed by atoms with Crippen molar-refractivity contribution < 1.29 is 9.59 Å². The highest BCUT2D eigenvalue weighted by Crippen LogP contribution is 2.22. The van der Waals surface area contributed by atoms with Gasteiger partial charge in [0, 0.05) is 38.7 Å². The summed E-state index contributed by atoms with van der Waals surface area (Å²) in [7, 11) is 0. The number of amides is 1. The van der Waals surface area contributed by atoms with Crippen LogP contribution >= 0.6 is 11.8 Å². The first-order chi connectivity index (χ1) is 9.54. The van der Waals surface area contributed by atoms with Gasteiger partial charge in [0.1, 0.15) is 0 Å². The summed E-state index contributed by atoms with van der Waals surface area (Å²) in [6.45, 7) is 8.96. The first-order valence-corrected chi connectivity index (χ1v) is 8.66. The van der Waals surface area contributed by atoms with Crippen LogP contribution in [0.3, 0.4) is 0 Å². The zero-order valence-electron chi connectivity index (χ0n) is 12.6. The van der Waals surface area contributed by atoms with Crippen LogP contribution in [0.25, 0.3) is 0 Å². The van der Waals surface area contributed by atoms with Crippen LogP contribution < -0.4 is 0 Å². The molecule has 20 heavy (non-hydrogen) atoms. The maximum atomic E-state index is 12.0. The Balaban J connectivity index is 1.68. The fourth-order valence-corrected chi connectivity index (χ4v) is 3.66. The van der Waals surface area contributed by atoms with E-state index < -0.39 is 0 Å². The normalized spacial score (nSPS) is 25.4. The Hall–Kier alpha value is -0.550. The summed E-state index contributed by atoms with van der Waals surface area (Å²) in [5.41, 5.74) is 0. The second-order valence-corrected chi connectivity index (χ2v) is 7.43. The van der Waals surface area contributed by atoms with Crippen LogP contribution in [-0.4, -0.2) is 59.3 Å². The van der Waals surface area contributed by atoms with Gasteiger partial charge in [-0.2, -0.15) is 0 Å². The fraction of sp³-hybridized carbons (Fsp3) is 0.867. The number of likely N-dealkylation sites (tertiary alicyclic amines) is 2. The Kier molecular flexibility index (Phi) is 5.90. The number of hydrogen-bond donors (Lipinski definition) is 0. The third kappa shape index (κ3) is 4.77. The fourth-order valence-electron chi connectivity index (χ4n) is 2.96. The molecule has 2 fully saturated rings. The molecule has 1 unspecified atom stereocenters. The first-order valence-electron chi connectivity index (χ1n) is 7.68. The van der Waals surface area contributed by atoms with E-state index in [1.54, 1.807) is 6.92 Å². The van der Waals surface area contributed by atoms with Crippen LogP contribution in [0.4, 0.5) is 0 Å². The Morgan fingerprint density at radius 1 is 1.30 bits per heavy atom. The molecule has 2 aliphatic heterocycles. The van der Waals surface area contributed by atoms with Gasteiger partial charge in [-0.15, -0.1) is 0 Å². The Bertz CT molecular complexity index is 354. The number of carbonyl (C=O) groups is 2. The average Bonchev–Trinajstić information content (AvgIpc) is 2.76. The van der Waals surface area contributed by atoms with E-state index in [0.717, 1.165) is 31.3 Å². The van der Waals surface area contributed by atoms with E-state index in [1.165, 1.54) is 37.7 Å². The second kappa shape index (κ2) is 7.46. The molecule has 0 bridgehead atoms. The molecule has 0 N–H and O–H groups in total. The first kappa shape index (κ1) is 15.8. The van der Waals surface area contributed by atoms with Crippen LogP contribution in [0.1, 0.15) is 33.1 Å². The van der Waals surface area contributed by atoms with Gasteiger partial charge < -0.3 is 9.80 Å². The summed E-state index contributed by atoms with van der Waals surface area (Å²) >= 11 is 1.35. The molecule has 0 saturated carbocycles. The predicted molar refractivity (Wildman–Crippen MR) is 82.7 cm³/mol. The number of hydrogen-bond acceptors (Lipinski definition) is 4. The van der Waals surface area contributed by atoms with Crippen LogP contribution in [-0.2, 0) is 9.59 Å². The monoisotopic (exact) mass is 298 g/mol. The largest absolute Gasteiger partial charge is 0.341 e. The lowest BCUT2D eigenvalue weighted by molar-refractivity contribution is -0.128. The topological polar surface area (TPSA) is 40.6 Å². The van der Waals surface area contributed by atoms with Crippen molar-refractivity contribution in [2.45, 2.75) is 33.1 Å². The maximum absolute atomic E-state index is 12.0. The van der Waals surface area contributed by atoms with E-state index in [2.05, 4.69) is 11.8 Å². The predicted octanol–water partition coefficient (Wildman–Crippen LogP) is 1.85. The van der Waals surface area contributed by atoms with Gasteiger partial charge in [0.25, 0.3) is 0 Å². The molecule has 2 rings (SSSR count). The maximum Gasteiger partial charge on any atom is 0.222 e. The van der Waals surface area contributed by atoms with Crippen LogP contribution in [0.15, 0.2) is 0 Å². The standard InChI is InChI=1S/C15H26N2O2S/c1-12-3-5-16(6-4-12)7-8-17-10-14(9-15(17)19)11-20-13(2)18/h12,14H,3-11H2,1-2H3. The molecular formula is C15H26N2O2S. The zero-order chi connectivity index (χ0) is 14.5. The molecule has 0 radical (unpaired) electrons. The molecule has 1 atom stereocenters. The van der Waals surface area contributed by atoms with E-state index >= 15 is 0 Å². The summed E-state index contributed by atoms with van der Waals surface area (Å²) in [6, 6.07) is 0. The van der Waals surface area contributed by atoms with Gasteiger partial charge in [0.05, 0.1) is 0 Å². The van der Waals surface area contributed by atoms with E-state index in [0.29, 0.717) is 12.3 Å². The molecule has 114 valence electrons. The summed E-state index contributed by atoms with van der Waals surface area (Å²) < 4.78 is 0. The van der Waals surface area contributed by atoms with Gasteiger partial charge in [-0.3, -0.25) is 9.59 Å². The number of thioether (sulfide) groups is 1. The molecule has 2 heterocycles. The van der Waals surface area contributed by atoms with Crippen molar-refractivity contribution in [3.8, 4) is 0 Å². The van der Waals surface area contributed by atoms with Crippen LogP contribution in [0.5, 0.6) is 0 Å². The Morgan fingerprint density at radius 3 is 2.65 bits per heavy atom. The van der Waals surface area contributed by atoms with E-state index in [1.807, 2.05) is 4.90 Å². The molecular weight excluding hydrogens is 272 g/mol. The molecule has 0 aromatic carbocycles. The van der Waals surface area contributed by atoms with Crippen molar-refractivity contribution in [3.05, 3.63) is 0 Å². The number of carbonyl (C=O) groups excluding carboxylic acids is 2. The van der Waals surface area contributed by atoms with E-state index in [9.17, 15) is 9.59 Å². The third-order valence-corrected chi connectivity index (χ3v) is 5.42. The second-order valence-electron chi connectivity index (χ2n) is 6.24.